The average molecular weight is 398 g/mol. The van der Waals surface area contributed by atoms with Gasteiger partial charge in [-0.15, -0.1) is 0 Å². The molecule has 1 atom stereocenters. The van der Waals surface area contributed by atoms with E-state index in [1.54, 1.807) is 6.26 Å². The highest BCUT2D eigenvalue weighted by atomic mass is 16.3. The van der Waals surface area contributed by atoms with E-state index in [0.717, 1.165) is 34.1 Å². The Balaban J connectivity index is 1.62. The van der Waals surface area contributed by atoms with Crippen LogP contribution in [0.4, 0.5) is 5.69 Å². The number of fused-ring (bicyclic) bond motifs is 1. The molecule has 5 rings (SSSR count). The van der Waals surface area contributed by atoms with Gasteiger partial charge in [0.1, 0.15) is 11.9 Å². The third-order valence-corrected chi connectivity index (χ3v) is 5.55. The topological polar surface area (TPSA) is 63.3 Å². The molecule has 2 aromatic heterocycles. The van der Waals surface area contributed by atoms with Gasteiger partial charge in [-0.05, 0) is 50.2 Å². The Morgan fingerprint density at radius 1 is 1.00 bits per heavy atom. The zero-order valence-corrected chi connectivity index (χ0v) is 16.9. The fourth-order valence-electron chi connectivity index (χ4n) is 4.13. The van der Waals surface area contributed by atoms with Crippen LogP contribution in [-0.4, -0.2) is 20.6 Å². The fourth-order valence-corrected chi connectivity index (χ4v) is 4.13. The monoisotopic (exact) mass is 398 g/mol. The number of furan rings is 1. The van der Waals surface area contributed by atoms with Crippen molar-refractivity contribution in [1.82, 2.24) is 14.7 Å². The van der Waals surface area contributed by atoms with E-state index in [2.05, 4.69) is 5.32 Å². The summed E-state index contributed by atoms with van der Waals surface area (Å²) >= 11 is 0. The summed E-state index contributed by atoms with van der Waals surface area (Å²) in [7, 11) is 0. The van der Waals surface area contributed by atoms with Gasteiger partial charge in [0.15, 0.2) is 0 Å². The maximum absolute atomic E-state index is 13.4. The van der Waals surface area contributed by atoms with Gasteiger partial charge in [0.25, 0.3) is 5.91 Å². The van der Waals surface area contributed by atoms with Crippen molar-refractivity contribution in [3.05, 3.63) is 101 Å². The van der Waals surface area contributed by atoms with Crippen LogP contribution in [0.5, 0.6) is 0 Å². The largest absolute Gasteiger partial charge is 0.467 e. The van der Waals surface area contributed by atoms with Crippen molar-refractivity contribution in [2.45, 2.75) is 26.6 Å². The Morgan fingerprint density at radius 3 is 2.53 bits per heavy atom. The number of hydrogen-bond donors (Lipinski definition) is 1. The van der Waals surface area contributed by atoms with Crippen LogP contribution in [0.1, 0.15) is 39.2 Å². The molecule has 1 aliphatic rings. The zero-order valence-electron chi connectivity index (χ0n) is 16.9. The van der Waals surface area contributed by atoms with Crippen LogP contribution in [0.2, 0.25) is 0 Å². The van der Waals surface area contributed by atoms with Crippen LogP contribution in [0.25, 0.3) is 5.69 Å². The second-order valence-corrected chi connectivity index (χ2v) is 7.44. The van der Waals surface area contributed by atoms with Crippen molar-refractivity contribution in [1.29, 1.82) is 0 Å². The number of carbonyl (C=O) groups is 1. The second kappa shape index (κ2) is 7.22. The molecule has 1 aliphatic heterocycles. The van der Waals surface area contributed by atoms with Crippen LogP contribution in [-0.2, 0) is 6.54 Å². The van der Waals surface area contributed by atoms with Gasteiger partial charge in [0.05, 0.1) is 29.8 Å². The SMILES string of the molecule is Cc1nn(-c2ccccc2)c(C)c1[C@H]1Nc2ccccc2C(=O)N1Cc1ccco1. The molecule has 2 aromatic carbocycles. The lowest BCUT2D eigenvalue weighted by molar-refractivity contribution is 0.0650. The van der Waals surface area contributed by atoms with E-state index in [1.807, 2.05) is 90.2 Å². The Labute approximate surface area is 174 Å². The van der Waals surface area contributed by atoms with Crippen LogP contribution in [0, 0.1) is 13.8 Å². The first kappa shape index (κ1) is 18.2. The first-order chi connectivity index (χ1) is 14.6. The predicted octanol–water partition coefficient (Wildman–Crippen LogP) is 4.85. The van der Waals surface area contributed by atoms with Crippen LogP contribution in [0.3, 0.4) is 0 Å². The van der Waals surface area contributed by atoms with Crippen LogP contribution >= 0.6 is 0 Å². The maximum Gasteiger partial charge on any atom is 0.258 e. The number of aryl methyl sites for hydroxylation is 1. The minimum absolute atomic E-state index is 0.0305. The number of para-hydroxylation sites is 2. The lowest BCUT2D eigenvalue weighted by atomic mass is 10.0. The van der Waals surface area contributed by atoms with Gasteiger partial charge in [-0.2, -0.15) is 5.10 Å². The molecular formula is C24H22N4O2. The molecule has 4 aromatic rings. The van der Waals surface area contributed by atoms with Crippen molar-refractivity contribution < 1.29 is 9.21 Å². The predicted molar refractivity (Wildman–Crippen MR) is 114 cm³/mol. The van der Waals surface area contributed by atoms with Gasteiger partial charge in [0.2, 0.25) is 0 Å². The number of nitrogens with zero attached hydrogens (tertiary/aromatic N) is 3. The van der Waals surface area contributed by atoms with E-state index in [0.29, 0.717) is 12.1 Å². The van der Waals surface area contributed by atoms with Gasteiger partial charge in [0, 0.05) is 16.9 Å². The highest BCUT2D eigenvalue weighted by molar-refractivity contribution is 6.01. The molecule has 0 unspecified atom stereocenters. The van der Waals surface area contributed by atoms with Crippen LogP contribution < -0.4 is 5.32 Å². The summed E-state index contributed by atoms with van der Waals surface area (Å²) in [5.41, 5.74) is 5.34. The Bertz CT molecular complexity index is 1200. The number of carbonyl (C=O) groups excluding carboxylic acids is 1. The molecule has 1 amide bonds. The molecule has 0 fully saturated rings. The normalized spacial score (nSPS) is 15.7. The number of aromatic nitrogens is 2. The molecule has 0 saturated carbocycles. The van der Waals surface area contributed by atoms with Gasteiger partial charge < -0.3 is 14.6 Å². The average Bonchev–Trinajstić information content (AvgIpc) is 3.38. The molecule has 0 spiro atoms. The number of rotatable bonds is 4. The highest BCUT2D eigenvalue weighted by Crippen LogP contribution is 2.37. The number of amides is 1. The van der Waals surface area contributed by atoms with E-state index in [-0.39, 0.29) is 12.1 Å². The minimum atomic E-state index is -0.352. The molecule has 3 heterocycles. The number of benzene rings is 2. The number of hydrogen-bond acceptors (Lipinski definition) is 4. The summed E-state index contributed by atoms with van der Waals surface area (Å²) in [5, 5.41) is 8.35. The lowest BCUT2D eigenvalue weighted by Gasteiger charge is -2.37. The van der Waals surface area contributed by atoms with Crippen molar-refractivity contribution in [3.8, 4) is 5.69 Å². The molecule has 6 heteroatoms. The lowest BCUT2D eigenvalue weighted by Crippen LogP contribution is -2.42. The van der Waals surface area contributed by atoms with Crippen LogP contribution in [0.15, 0.2) is 77.4 Å². The summed E-state index contributed by atoms with van der Waals surface area (Å²) < 4.78 is 7.48. The van der Waals surface area contributed by atoms with Crippen molar-refractivity contribution in [2.24, 2.45) is 0 Å². The number of nitrogens with one attached hydrogen (secondary N) is 1. The summed E-state index contributed by atoms with van der Waals surface area (Å²) in [5.74, 6) is 0.706. The van der Waals surface area contributed by atoms with Crippen molar-refractivity contribution in [3.63, 3.8) is 0 Å². The summed E-state index contributed by atoms with van der Waals surface area (Å²) in [6, 6.07) is 21.4. The Morgan fingerprint density at radius 2 is 1.77 bits per heavy atom. The molecule has 30 heavy (non-hydrogen) atoms. The van der Waals surface area contributed by atoms with Crippen molar-refractivity contribution >= 4 is 11.6 Å². The maximum atomic E-state index is 13.4. The van der Waals surface area contributed by atoms with E-state index in [1.165, 1.54) is 0 Å². The van der Waals surface area contributed by atoms with Gasteiger partial charge in [-0.25, -0.2) is 4.68 Å². The third kappa shape index (κ3) is 2.97. The van der Waals surface area contributed by atoms with E-state index < -0.39 is 0 Å². The summed E-state index contributed by atoms with van der Waals surface area (Å²) in [6.07, 6.45) is 1.28. The smallest absolute Gasteiger partial charge is 0.258 e. The third-order valence-electron chi connectivity index (χ3n) is 5.55. The zero-order chi connectivity index (χ0) is 20.7. The molecule has 150 valence electrons. The van der Waals surface area contributed by atoms with Gasteiger partial charge >= 0.3 is 0 Å². The highest BCUT2D eigenvalue weighted by Gasteiger charge is 2.36. The van der Waals surface area contributed by atoms with E-state index in [9.17, 15) is 4.79 Å². The Kier molecular flexibility index (Phi) is 4.39. The molecular weight excluding hydrogens is 376 g/mol. The van der Waals surface area contributed by atoms with E-state index in [4.69, 9.17) is 9.52 Å². The quantitative estimate of drug-likeness (QED) is 0.534. The standard InChI is InChI=1S/C24H22N4O2/c1-16-22(17(2)28(26-16)18-9-4-3-5-10-18)23-25-21-13-7-6-12-20(21)24(29)27(23)15-19-11-8-14-30-19/h3-14,23,25H,15H2,1-2H3/t23-/m0/s1. The van der Waals surface area contributed by atoms with Crippen molar-refractivity contribution in [2.75, 3.05) is 5.32 Å². The minimum Gasteiger partial charge on any atom is -0.467 e. The summed E-state index contributed by atoms with van der Waals surface area (Å²) in [4.78, 5) is 15.3. The molecule has 0 aliphatic carbocycles. The number of anilines is 1. The second-order valence-electron chi connectivity index (χ2n) is 7.44. The van der Waals surface area contributed by atoms with Gasteiger partial charge in [-0.3, -0.25) is 4.79 Å². The molecule has 6 nitrogen and oxygen atoms in total. The van der Waals surface area contributed by atoms with Gasteiger partial charge in [-0.1, -0.05) is 30.3 Å². The van der Waals surface area contributed by atoms with E-state index >= 15 is 0 Å². The fraction of sp³-hybridized carbons (Fsp3) is 0.167. The Hall–Kier alpha value is -3.80. The first-order valence-electron chi connectivity index (χ1n) is 9.94. The first-order valence-corrected chi connectivity index (χ1v) is 9.94. The summed E-state index contributed by atoms with van der Waals surface area (Å²) in [6.45, 7) is 4.40. The molecule has 0 radical (unpaired) electrons. The molecule has 1 N–H and O–H groups in total. The molecule has 0 bridgehead atoms. The molecule has 0 saturated heterocycles.